The van der Waals surface area contributed by atoms with Crippen molar-refractivity contribution in [2.45, 2.75) is 25.8 Å². The lowest BCUT2D eigenvalue weighted by Gasteiger charge is -2.21. The van der Waals surface area contributed by atoms with Crippen LogP contribution in [0.3, 0.4) is 0 Å². The summed E-state index contributed by atoms with van der Waals surface area (Å²) in [6.07, 6.45) is 1.87. The summed E-state index contributed by atoms with van der Waals surface area (Å²) in [4.78, 5) is 4.35. The van der Waals surface area contributed by atoms with Crippen LogP contribution in [0.4, 0.5) is 0 Å². The number of rotatable bonds is 7. The standard InChI is InChI=1S/C16H23N3S/c1-12(15(17)14-6-4-3-5-7-14)10-18-11-13(2)16-19-8-9-20-16/h3-9,12-13,15,18H,10-11,17H2,1-2H3. The molecule has 108 valence electrons. The van der Waals surface area contributed by atoms with Crippen molar-refractivity contribution >= 4 is 11.3 Å². The van der Waals surface area contributed by atoms with Crippen LogP contribution in [0.15, 0.2) is 41.9 Å². The van der Waals surface area contributed by atoms with Crippen LogP contribution in [0.25, 0.3) is 0 Å². The fourth-order valence-electron chi connectivity index (χ4n) is 2.22. The van der Waals surface area contributed by atoms with Gasteiger partial charge in [-0.25, -0.2) is 4.98 Å². The van der Waals surface area contributed by atoms with Crippen molar-refractivity contribution in [3.63, 3.8) is 0 Å². The Morgan fingerprint density at radius 2 is 1.95 bits per heavy atom. The lowest BCUT2D eigenvalue weighted by Crippen LogP contribution is -2.31. The molecule has 0 bridgehead atoms. The van der Waals surface area contributed by atoms with Crippen LogP contribution >= 0.6 is 11.3 Å². The Bertz CT molecular complexity index is 484. The summed E-state index contributed by atoms with van der Waals surface area (Å²) in [5.41, 5.74) is 7.50. The molecule has 0 fully saturated rings. The van der Waals surface area contributed by atoms with E-state index in [0.717, 1.165) is 13.1 Å². The Hall–Kier alpha value is -1.23. The molecule has 1 aromatic carbocycles. The Labute approximate surface area is 125 Å². The minimum atomic E-state index is 0.0823. The average Bonchev–Trinajstić information content (AvgIpc) is 3.01. The molecule has 1 aromatic heterocycles. The van der Waals surface area contributed by atoms with E-state index in [1.807, 2.05) is 29.8 Å². The summed E-state index contributed by atoms with van der Waals surface area (Å²) in [5.74, 6) is 0.857. The zero-order chi connectivity index (χ0) is 14.4. The molecule has 20 heavy (non-hydrogen) atoms. The number of nitrogens with two attached hydrogens (primary N) is 1. The van der Waals surface area contributed by atoms with Crippen molar-refractivity contribution in [2.75, 3.05) is 13.1 Å². The van der Waals surface area contributed by atoms with Crippen molar-refractivity contribution < 1.29 is 0 Å². The minimum absolute atomic E-state index is 0.0823. The van der Waals surface area contributed by atoms with Gasteiger partial charge in [0.1, 0.15) is 0 Å². The van der Waals surface area contributed by atoms with Gasteiger partial charge in [0.15, 0.2) is 0 Å². The predicted octanol–water partition coefficient (Wildman–Crippen LogP) is 3.17. The van der Waals surface area contributed by atoms with Gasteiger partial charge >= 0.3 is 0 Å². The number of nitrogens with zero attached hydrogens (tertiary/aromatic N) is 1. The SMILES string of the molecule is CC(CNCC(C)C(N)c1ccccc1)c1nccs1. The first-order valence-corrected chi connectivity index (χ1v) is 7.97. The Kier molecular flexibility index (Phi) is 5.71. The van der Waals surface area contributed by atoms with Crippen molar-refractivity contribution in [2.24, 2.45) is 11.7 Å². The van der Waals surface area contributed by atoms with Gasteiger partial charge in [0, 0.05) is 30.1 Å². The van der Waals surface area contributed by atoms with Gasteiger partial charge in [0.05, 0.1) is 5.01 Å². The summed E-state index contributed by atoms with van der Waals surface area (Å²) in [5, 5.41) is 6.73. The molecule has 1 heterocycles. The van der Waals surface area contributed by atoms with E-state index < -0.39 is 0 Å². The maximum Gasteiger partial charge on any atom is 0.0965 e. The van der Waals surface area contributed by atoms with E-state index in [2.05, 4.69) is 36.3 Å². The molecule has 0 aliphatic carbocycles. The third-order valence-electron chi connectivity index (χ3n) is 3.59. The first-order valence-electron chi connectivity index (χ1n) is 7.09. The second-order valence-electron chi connectivity index (χ2n) is 5.34. The van der Waals surface area contributed by atoms with Crippen molar-refractivity contribution in [1.29, 1.82) is 0 Å². The van der Waals surface area contributed by atoms with Crippen LogP contribution in [0.1, 0.15) is 36.4 Å². The predicted molar refractivity (Wildman–Crippen MR) is 85.9 cm³/mol. The summed E-state index contributed by atoms with van der Waals surface area (Å²) in [6, 6.07) is 10.4. The molecule has 3 nitrogen and oxygen atoms in total. The molecule has 3 atom stereocenters. The summed E-state index contributed by atoms with van der Waals surface area (Å²) < 4.78 is 0. The molecule has 0 saturated heterocycles. The summed E-state index contributed by atoms with van der Waals surface area (Å²) in [6.45, 7) is 6.26. The molecular weight excluding hydrogens is 266 g/mol. The van der Waals surface area contributed by atoms with Gasteiger partial charge < -0.3 is 11.1 Å². The van der Waals surface area contributed by atoms with Gasteiger partial charge in [0.25, 0.3) is 0 Å². The molecule has 0 aliphatic heterocycles. The van der Waals surface area contributed by atoms with E-state index in [4.69, 9.17) is 5.73 Å². The number of benzene rings is 1. The fourth-order valence-corrected chi connectivity index (χ4v) is 2.92. The van der Waals surface area contributed by atoms with E-state index in [-0.39, 0.29) is 6.04 Å². The molecule has 3 N–H and O–H groups in total. The molecule has 2 aromatic rings. The number of hydrogen-bond acceptors (Lipinski definition) is 4. The quantitative estimate of drug-likeness (QED) is 0.823. The minimum Gasteiger partial charge on any atom is -0.324 e. The Morgan fingerprint density at radius 1 is 1.20 bits per heavy atom. The highest BCUT2D eigenvalue weighted by molar-refractivity contribution is 7.09. The molecule has 0 saturated carbocycles. The second kappa shape index (κ2) is 7.53. The van der Waals surface area contributed by atoms with Crippen LogP contribution in [0, 0.1) is 5.92 Å². The molecule has 0 radical (unpaired) electrons. The molecule has 0 aliphatic rings. The van der Waals surface area contributed by atoms with E-state index in [1.165, 1.54) is 10.6 Å². The highest BCUT2D eigenvalue weighted by atomic mass is 32.1. The zero-order valence-electron chi connectivity index (χ0n) is 12.1. The summed E-state index contributed by atoms with van der Waals surface area (Å²) in [7, 11) is 0. The van der Waals surface area contributed by atoms with Crippen molar-refractivity contribution in [3.05, 3.63) is 52.5 Å². The monoisotopic (exact) mass is 289 g/mol. The number of thiazole rings is 1. The third-order valence-corrected chi connectivity index (χ3v) is 4.59. The van der Waals surface area contributed by atoms with Crippen LogP contribution < -0.4 is 11.1 Å². The summed E-state index contributed by atoms with van der Waals surface area (Å²) >= 11 is 1.72. The van der Waals surface area contributed by atoms with Crippen LogP contribution in [-0.4, -0.2) is 18.1 Å². The van der Waals surface area contributed by atoms with E-state index in [9.17, 15) is 0 Å². The van der Waals surface area contributed by atoms with Gasteiger partial charge in [-0.1, -0.05) is 44.2 Å². The first kappa shape index (κ1) is 15.2. The Balaban J connectivity index is 1.76. The van der Waals surface area contributed by atoms with Crippen LogP contribution in [0.2, 0.25) is 0 Å². The van der Waals surface area contributed by atoms with Crippen molar-refractivity contribution in [1.82, 2.24) is 10.3 Å². The molecular formula is C16H23N3S. The Morgan fingerprint density at radius 3 is 2.60 bits per heavy atom. The highest BCUT2D eigenvalue weighted by Crippen LogP contribution is 2.19. The lowest BCUT2D eigenvalue weighted by molar-refractivity contribution is 0.428. The van der Waals surface area contributed by atoms with Crippen LogP contribution in [0.5, 0.6) is 0 Å². The largest absolute Gasteiger partial charge is 0.324 e. The van der Waals surface area contributed by atoms with Gasteiger partial charge in [-0.15, -0.1) is 11.3 Å². The highest BCUT2D eigenvalue weighted by Gasteiger charge is 2.15. The lowest BCUT2D eigenvalue weighted by atomic mass is 9.95. The molecule has 0 amide bonds. The molecule has 3 unspecified atom stereocenters. The maximum absolute atomic E-state index is 6.30. The third kappa shape index (κ3) is 4.13. The first-order chi connectivity index (χ1) is 9.68. The van der Waals surface area contributed by atoms with Gasteiger partial charge in [0.2, 0.25) is 0 Å². The fraction of sp³-hybridized carbons (Fsp3) is 0.438. The molecule has 0 spiro atoms. The normalized spacial score (nSPS) is 15.8. The van der Waals surface area contributed by atoms with Gasteiger partial charge in [-0.05, 0) is 18.0 Å². The van der Waals surface area contributed by atoms with Gasteiger partial charge in [-0.2, -0.15) is 0 Å². The maximum atomic E-state index is 6.30. The zero-order valence-corrected chi connectivity index (χ0v) is 12.9. The second-order valence-corrected chi connectivity index (χ2v) is 6.27. The number of nitrogens with one attached hydrogen (secondary N) is 1. The number of aromatic nitrogens is 1. The van der Waals surface area contributed by atoms with E-state index >= 15 is 0 Å². The number of hydrogen-bond donors (Lipinski definition) is 2. The van der Waals surface area contributed by atoms with E-state index in [1.54, 1.807) is 11.3 Å². The molecule has 4 heteroatoms. The topological polar surface area (TPSA) is 50.9 Å². The van der Waals surface area contributed by atoms with E-state index in [0.29, 0.717) is 11.8 Å². The van der Waals surface area contributed by atoms with Crippen molar-refractivity contribution in [3.8, 4) is 0 Å². The van der Waals surface area contributed by atoms with Crippen LogP contribution in [-0.2, 0) is 0 Å². The molecule has 2 rings (SSSR count). The average molecular weight is 289 g/mol. The van der Waals surface area contributed by atoms with Gasteiger partial charge in [-0.3, -0.25) is 0 Å². The smallest absolute Gasteiger partial charge is 0.0965 e.